The number of rotatable bonds is 3. The van der Waals surface area contributed by atoms with Crippen LogP contribution >= 0.6 is 0 Å². The van der Waals surface area contributed by atoms with Crippen molar-refractivity contribution in [2.24, 2.45) is 4.99 Å². The van der Waals surface area contributed by atoms with E-state index in [1.165, 1.54) is 6.92 Å². The zero-order chi connectivity index (χ0) is 13.7. The fourth-order valence-electron chi connectivity index (χ4n) is 1.69. The summed E-state index contributed by atoms with van der Waals surface area (Å²) in [7, 11) is 0. The predicted octanol–water partition coefficient (Wildman–Crippen LogP) is 2.91. The maximum Gasteiger partial charge on any atom is 0.277 e. The Labute approximate surface area is 111 Å². The average Bonchev–Trinajstić information content (AvgIpc) is 2.46. The molecule has 2 aromatic rings. The maximum atomic E-state index is 12.0. The zero-order valence-corrected chi connectivity index (χ0v) is 10.5. The van der Waals surface area contributed by atoms with Gasteiger partial charge in [0, 0.05) is 18.1 Å². The highest BCUT2D eigenvalue weighted by Gasteiger charge is 2.12. The van der Waals surface area contributed by atoms with Crippen molar-refractivity contribution in [1.82, 2.24) is 0 Å². The second kappa shape index (κ2) is 5.87. The van der Waals surface area contributed by atoms with Gasteiger partial charge in [-0.3, -0.25) is 9.59 Å². The lowest BCUT2D eigenvalue weighted by Gasteiger charge is -2.02. The molecule has 0 saturated heterocycles. The van der Waals surface area contributed by atoms with E-state index >= 15 is 0 Å². The van der Waals surface area contributed by atoms with E-state index in [2.05, 4.69) is 4.99 Å². The third-order valence-corrected chi connectivity index (χ3v) is 2.61. The van der Waals surface area contributed by atoms with Crippen LogP contribution in [0.2, 0.25) is 0 Å². The molecule has 0 N–H and O–H groups in total. The molecule has 2 rings (SSSR count). The second-order valence-electron chi connectivity index (χ2n) is 4.05. The average molecular weight is 251 g/mol. The van der Waals surface area contributed by atoms with Crippen LogP contribution in [-0.2, 0) is 4.79 Å². The molecule has 0 aliphatic heterocycles. The van der Waals surface area contributed by atoms with E-state index in [4.69, 9.17) is 0 Å². The Morgan fingerprint density at radius 3 is 1.74 bits per heavy atom. The fourth-order valence-corrected chi connectivity index (χ4v) is 1.69. The Kier molecular flexibility index (Phi) is 3.98. The minimum absolute atomic E-state index is 0.189. The summed E-state index contributed by atoms with van der Waals surface area (Å²) in [6.07, 6.45) is 0. The highest BCUT2D eigenvalue weighted by molar-refractivity contribution is 6.47. The predicted molar refractivity (Wildman–Crippen MR) is 74.4 cm³/mol. The van der Waals surface area contributed by atoms with Crippen molar-refractivity contribution < 1.29 is 9.59 Å². The van der Waals surface area contributed by atoms with Gasteiger partial charge in [0.1, 0.15) is 5.71 Å². The van der Waals surface area contributed by atoms with Crippen molar-refractivity contribution in [3.8, 4) is 0 Å². The van der Waals surface area contributed by atoms with Crippen LogP contribution in [0.25, 0.3) is 0 Å². The quantitative estimate of drug-likeness (QED) is 0.787. The van der Waals surface area contributed by atoms with Gasteiger partial charge >= 0.3 is 0 Å². The molecule has 0 aliphatic carbocycles. The molecule has 0 fully saturated rings. The molecular formula is C16H13NO2. The lowest BCUT2D eigenvalue weighted by atomic mass is 10.1. The normalized spacial score (nSPS) is 11.1. The topological polar surface area (TPSA) is 46.5 Å². The number of ketones is 1. The second-order valence-corrected chi connectivity index (χ2v) is 4.05. The first-order valence-corrected chi connectivity index (χ1v) is 5.93. The summed E-state index contributed by atoms with van der Waals surface area (Å²) >= 11 is 0. The molecular weight excluding hydrogens is 238 g/mol. The van der Waals surface area contributed by atoms with E-state index in [1.807, 2.05) is 12.1 Å². The zero-order valence-electron chi connectivity index (χ0n) is 10.5. The van der Waals surface area contributed by atoms with Crippen LogP contribution in [0, 0.1) is 0 Å². The van der Waals surface area contributed by atoms with Crippen LogP contribution in [-0.4, -0.2) is 17.4 Å². The summed E-state index contributed by atoms with van der Waals surface area (Å²) in [4.78, 5) is 27.6. The Hall–Kier alpha value is -2.55. The Balaban J connectivity index is 2.38. The number of aliphatic imine (C=N–C) groups is 1. The lowest BCUT2D eigenvalue weighted by molar-refractivity contribution is -0.111. The summed E-state index contributed by atoms with van der Waals surface area (Å²) < 4.78 is 0. The van der Waals surface area contributed by atoms with E-state index in [9.17, 15) is 9.59 Å². The van der Waals surface area contributed by atoms with E-state index < -0.39 is 5.91 Å². The highest BCUT2D eigenvalue weighted by atomic mass is 16.2. The van der Waals surface area contributed by atoms with Gasteiger partial charge in [-0.1, -0.05) is 48.5 Å². The van der Waals surface area contributed by atoms with Gasteiger partial charge in [-0.05, 0) is 12.1 Å². The van der Waals surface area contributed by atoms with Gasteiger partial charge < -0.3 is 0 Å². The summed E-state index contributed by atoms with van der Waals surface area (Å²) in [6, 6.07) is 17.7. The van der Waals surface area contributed by atoms with Gasteiger partial charge in [0.05, 0.1) is 0 Å². The van der Waals surface area contributed by atoms with Crippen LogP contribution in [0.3, 0.4) is 0 Å². The number of benzene rings is 2. The Morgan fingerprint density at radius 1 is 0.789 bits per heavy atom. The molecule has 0 aromatic heterocycles. The largest absolute Gasteiger partial charge is 0.293 e. The van der Waals surface area contributed by atoms with Gasteiger partial charge in [-0.15, -0.1) is 0 Å². The summed E-state index contributed by atoms with van der Waals surface area (Å²) in [6.45, 7) is 1.41. The van der Waals surface area contributed by atoms with Gasteiger partial charge in [0.2, 0.25) is 0 Å². The van der Waals surface area contributed by atoms with Crippen LogP contribution < -0.4 is 0 Å². The molecule has 3 nitrogen and oxygen atoms in total. The number of hydrogen-bond donors (Lipinski definition) is 0. The minimum atomic E-state index is -0.408. The highest BCUT2D eigenvalue weighted by Crippen LogP contribution is 2.06. The molecule has 0 unspecified atom stereocenters. The maximum absolute atomic E-state index is 12.0. The molecule has 0 aliphatic rings. The SMILES string of the molecule is CC(=O)/C(=N\C(=O)c1ccccc1)c1ccccc1. The molecule has 19 heavy (non-hydrogen) atoms. The van der Waals surface area contributed by atoms with Crippen molar-refractivity contribution in [2.75, 3.05) is 0 Å². The van der Waals surface area contributed by atoms with Gasteiger partial charge in [-0.2, -0.15) is 0 Å². The summed E-state index contributed by atoms with van der Waals surface area (Å²) in [5.41, 5.74) is 1.31. The first-order valence-electron chi connectivity index (χ1n) is 5.93. The number of Topliss-reactive ketones (excluding diaryl/α,β-unsaturated/α-hetero) is 1. The first-order chi connectivity index (χ1) is 9.18. The molecule has 0 spiro atoms. The molecule has 3 heteroatoms. The molecule has 94 valence electrons. The van der Waals surface area contributed by atoms with Crippen molar-refractivity contribution in [1.29, 1.82) is 0 Å². The van der Waals surface area contributed by atoms with E-state index in [0.717, 1.165) is 0 Å². The van der Waals surface area contributed by atoms with Crippen LogP contribution in [0.5, 0.6) is 0 Å². The number of carbonyl (C=O) groups is 2. The lowest BCUT2D eigenvalue weighted by Crippen LogP contribution is -2.14. The van der Waals surface area contributed by atoms with E-state index in [1.54, 1.807) is 48.5 Å². The summed E-state index contributed by atoms with van der Waals surface area (Å²) in [5.74, 6) is -0.634. The van der Waals surface area contributed by atoms with Crippen molar-refractivity contribution in [3.05, 3.63) is 71.8 Å². The summed E-state index contributed by atoms with van der Waals surface area (Å²) in [5, 5.41) is 0. The van der Waals surface area contributed by atoms with Gasteiger partial charge in [0.15, 0.2) is 5.78 Å². The Bertz CT molecular complexity index is 616. The van der Waals surface area contributed by atoms with Crippen LogP contribution in [0.1, 0.15) is 22.8 Å². The molecule has 0 saturated carbocycles. The third kappa shape index (κ3) is 3.22. The van der Waals surface area contributed by atoms with Gasteiger partial charge in [-0.25, -0.2) is 4.99 Å². The monoisotopic (exact) mass is 251 g/mol. The van der Waals surface area contributed by atoms with Crippen molar-refractivity contribution in [3.63, 3.8) is 0 Å². The minimum Gasteiger partial charge on any atom is -0.293 e. The first kappa shape index (κ1) is 12.9. The van der Waals surface area contributed by atoms with Crippen LogP contribution in [0.4, 0.5) is 0 Å². The van der Waals surface area contributed by atoms with Gasteiger partial charge in [0.25, 0.3) is 5.91 Å². The van der Waals surface area contributed by atoms with E-state index in [0.29, 0.717) is 11.1 Å². The molecule has 0 atom stereocenters. The number of nitrogens with zero attached hydrogens (tertiary/aromatic N) is 1. The number of carbonyl (C=O) groups excluding carboxylic acids is 2. The smallest absolute Gasteiger partial charge is 0.277 e. The van der Waals surface area contributed by atoms with Crippen LogP contribution in [0.15, 0.2) is 65.7 Å². The number of amides is 1. The van der Waals surface area contributed by atoms with Crippen molar-refractivity contribution >= 4 is 17.4 Å². The van der Waals surface area contributed by atoms with Crippen molar-refractivity contribution in [2.45, 2.75) is 6.92 Å². The fraction of sp³-hybridized carbons (Fsp3) is 0.0625. The van der Waals surface area contributed by atoms with E-state index in [-0.39, 0.29) is 11.5 Å². The molecule has 1 amide bonds. The standard InChI is InChI=1S/C16H13NO2/c1-12(18)15(13-8-4-2-5-9-13)17-16(19)14-10-6-3-7-11-14/h2-11H,1H3/b17-15+. The molecule has 2 aromatic carbocycles. The Morgan fingerprint density at radius 2 is 1.26 bits per heavy atom. The molecule has 0 radical (unpaired) electrons. The third-order valence-electron chi connectivity index (χ3n) is 2.61. The number of hydrogen-bond acceptors (Lipinski definition) is 2. The molecule has 0 bridgehead atoms. The molecule has 0 heterocycles.